The number of halogens is 1. The van der Waals surface area contributed by atoms with E-state index in [2.05, 4.69) is 5.32 Å². The van der Waals surface area contributed by atoms with Crippen LogP contribution in [0, 0.1) is 5.82 Å². The Morgan fingerprint density at radius 3 is 2.53 bits per heavy atom. The van der Waals surface area contributed by atoms with Gasteiger partial charge in [0.1, 0.15) is 5.82 Å². The highest BCUT2D eigenvalue weighted by Crippen LogP contribution is 2.19. The molecule has 1 fully saturated rings. The number of rotatable bonds is 2. The molecule has 0 spiro atoms. The van der Waals surface area contributed by atoms with Gasteiger partial charge in [-0.25, -0.2) is 4.39 Å². The van der Waals surface area contributed by atoms with E-state index in [9.17, 15) is 14.3 Å². The van der Waals surface area contributed by atoms with Crippen LogP contribution in [-0.2, 0) is 0 Å². The lowest BCUT2D eigenvalue weighted by Gasteiger charge is -2.26. The Bertz CT molecular complexity index is 400. The minimum atomic E-state index is -0.499. The standard InChI is InChI=1S/C13H16FNO2/c14-12-4-2-1-3-11(12)13(17)15-9-5-7-10(16)8-6-9/h1-4,9-10,16H,5-8H2,(H,15,17). The number of carbonyl (C=O) groups excluding carboxylic acids is 1. The molecule has 92 valence electrons. The van der Waals surface area contributed by atoms with Gasteiger partial charge in [0.15, 0.2) is 0 Å². The van der Waals surface area contributed by atoms with Gasteiger partial charge in [-0.05, 0) is 37.8 Å². The Morgan fingerprint density at radius 1 is 1.24 bits per heavy atom. The van der Waals surface area contributed by atoms with E-state index < -0.39 is 5.82 Å². The Balaban J connectivity index is 1.96. The molecule has 0 bridgehead atoms. The fourth-order valence-corrected chi connectivity index (χ4v) is 2.13. The molecule has 3 nitrogen and oxygen atoms in total. The van der Waals surface area contributed by atoms with Crippen LogP contribution in [0.2, 0.25) is 0 Å². The summed E-state index contributed by atoms with van der Waals surface area (Å²) >= 11 is 0. The molecular formula is C13H16FNO2. The number of hydrogen-bond acceptors (Lipinski definition) is 2. The van der Waals surface area contributed by atoms with Gasteiger partial charge in [-0.15, -0.1) is 0 Å². The van der Waals surface area contributed by atoms with Crippen LogP contribution in [0.5, 0.6) is 0 Å². The van der Waals surface area contributed by atoms with Gasteiger partial charge in [0.25, 0.3) is 5.91 Å². The average molecular weight is 237 g/mol. The molecule has 0 saturated heterocycles. The molecule has 4 heteroatoms. The van der Waals surface area contributed by atoms with Gasteiger partial charge in [0, 0.05) is 6.04 Å². The minimum absolute atomic E-state index is 0.0468. The zero-order valence-corrected chi connectivity index (χ0v) is 9.53. The monoisotopic (exact) mass is 237 g/mol. The maximum Gasteiger partial charge on any atom is 0.254 e. The molecule has 17 heavy (non-hydrogen) atoms. The van der Waals surface area contributed by atoms with Crippen molar-refractivity contribution in [3.8, 4) is 0 Å². The quantitative estimate of drug-likeness (QED) is 0.824. The summed E-state index contributed by atoms with van der Waals surface area (Å²) in [5.41, 5.74) is 0.0821. The van der Waals surface area contributed by atoms with Crippen LogP contribution in [0.15, 0.2) is 24.3 Å². The van der Waals surface area contributed by atoms with Crippen LogP contribution in [-0.4, -0.2) is 23.2 Å². The van der Waals surface area contributed by atoms with Crippen LogP contribution in [0.4, 0.5) is 4.39 Å². The van der Waals surface area contributed by atoms with Gasteiger partial charge >= 0.3 is 0 Å². The number of amides is 1. The Labute approximate surface area is 99.7 Å². The Kier molecular flexibility index (Phi) is 3.74. The first-order chi connectivity index (χ1) is 8.16. The minimum Gasteiger partial charge on any atom is -0.393 e. The molecule has 1 aliphatic carbocycles. The zero-order valence-electron chi connectivity index (χ0n) is 9.53. The van der Waals surface area contributed by atoms with Gasteiger partial charge in [-0.1, -0.05) is 12.1 Å². The number of aliphatic hydroxyl groups is 1. The molecular weight excluding hydrogens is 221 g/mol. The average Bonchev–Trinajstić information content (AvgIpc) is 2.32. The van der Waals surface area contributed by atoms with E-state index in [0.717, 1.165) is 12.8 Å². The summed E-state index contributed by atoms with van der Waals surface area (Å²) in [6, 6.07) is 6.00. The molecule has 0 aliphatic heterocycles. The maximum absolute atomic E-state index is 13.4. The Hall–Kier alpha value is -1.42. The van der Waals surface area contributed by atoms with Gasteiger partial charge in [0.2, 0.25) is 0 Å². The number of aliphatic hydroxyl groups excluding tert-OH is 1. The summed E-state index contributed by atoms with van der Waals surface area (Å²) < 4.78 is 13.4. The van der Waals surface area contributed by atoms with Crippen LogP contribution in [0.1, 0.15) is 36.0 Å². The summed E-state index contributed by atoms with van der Waals surface area (Å²) in [4.78, 5) is 11.8. The van der Waals surface area contributed by atoms with Gasteiger partial charge < -0.3 is 10.4 Å². The summed E-state index contributed by atoms with van der Waals surface area (Å²) in [5, 5.41) is 12.2. The lowest BCUT2D eigenvalue weighted by Crippen LogP contribution is -2.38. The first kappa shape index (κ1) is 12.0. The highest BCUT2D eigenvalue weighted by molar-refractivity contribution is 5.94. The maximum atomic E-state index is 13.4. The van der Waals surface area contributed by atoms with Crippen molar-refractivity contribution >= 4 is 5.91 Å². The van der Waals surface area contributed by atoms with Gasteiger partial charge in [0.05, 0.1) is 11.7 Å². The van der Waals surface area contributed by atoms with Crippen molar-refractivity contribution < 1.29 is 14.3 Å². The first-order valence-corrected chi connectivity index (χ1v) is 5.90. The van der Waals surface area contributed by atoms with Crippen LogP contribution < -0.4 is 5.32 Å². The molecule has 0 aromatic heterocycles. The fraction of sp³-hybridized carbons (Fsp3) is 0.462. The SMILES string of the molecule is O=C(NC1CCC(O)CC1)c1ccccc1F. The third-order valence-corrected chi connectivity index (χ3v) is 3.15. The molecule has 0 unspecified atom stereocenters. The van der Waals surface area contributed by atoms with E-state index in [1.807, 2.05) is 0 Å². The normalized spacial score (nSPS) is 24.4. The molecule has 2 rings (SSSR count). The fourth-order valence-electron chi connectivity index (χ4n) is 2.13. The number of nitrogens with one attached hydrogen (secondary N) is 1. The smallest absolute Gasteiger partial charge is 0.254 e. The lowest BCUT2D eigenvalue weighted by atomic mass is 9.93. The summed E-state index contributed by atoms with van der Waals surface area (Å²) in [6.45, 7) is 0. The molecule has 1 aromatic carbocycles. The second kappa shape index (κ2) is 5.27. The second-order valence-electron chi connectivity index (χ2n) is 4.46. The Morgan fingerprint density at radius 2 is 1.88 bits per heavy atom. The van der Waals surface area contributed by atoms with Crippen molar-refractivity contribution in [2.75, 3.05) is 0 Å². The topological polar surface area (TPSA) is 49.3 Å². The van der Waals surface area contributed by atoms with Crippen molar-refractivity contribution in [1.29, 1.82) is 0 Å². The molecule has 0 heterocycles. The zero-order chi connectivity index (χ0) is 12.3. The van der Waals surface area contributed by atoms with Crippen LogP contribution in [0.25, 0.3) is 0 Å². The second-order valence-corrected chi connectivity index (χ2v) is 4.46. The van der Waals surface area contributed by atoms with Gasteiger partial charge in [-0.3, -0.25) is 4.79 Å². The third kappa shape index (κ3) is 3.03. The summed E-state index contributed by atoms with van der Waals surface area (Å²) in [7, 11) is 0. The number of carbonyl (C=O) groups is 1. The van der Waals surface area contributed by atoms with Crippen LogP contribution >= 0.6 is 0 Å². The predicted molar refractivity (Wildman–Crippen MR) is 62.1 cm³/mol. The van der Waals surface area contributed by atoms with E-state index in [4.69, 9.17) is 0 Å². The molecule has 1 aromatic rings. The van der Waals surface area contributed by atoms with Gasteiger partial charge in [-0.2, -0.15) is 0 Å². The van der Waals surface area contributed by atoms with Crippen molar-refractivity contribution in [3.63, 3.8) is 0 Å². The van der Waals surface area contributed by atoms with Crippen molar-refractivity contribution in [2.45, 2.75) is 37.8 Å². The van der Waals surface area contributed by atoms with E-state index in [1.54, 1.807) is 12.1 Å². The van der Waals surface area contributed by atoms with Crippen molar-refractivity contribution in [3.05, 3.63) is 35.6 Å². The van der Waals surface area contributed by atoms with Crippen LogP contribution in [0.3, 0.4) is 0 Å². The largest absolute Gasteiger partial charge is 0.393 e. The molecule has 1 saturated carbocycles. The molecule has 2 N–H and O–H groups in total. The van der Waals surface area contributed by atoms with E-state index in [-0.39, 0.29) is 23.6 Å². The van der Waals surface area contributed by atoms with E-state index in [0.29, 0.717) is 12.8 Å². The number of hydrogen-bond donors (Lipinski definition) is 2. The molecule has 0 atom stereocenters. The molecule has 1 aliphatic rings. The number of benzene rings is 1. The van der Waals surface area contributed by atoms with E-state index in [1.165, 1.54) is 12.1 Å². The first-order valence-electron chi connectivity index (χ1n) is 5.90. The third-order valence-electron chi connectivity index (χ3n) is 3.15. The van der Waals surface area contributed by atoms with E-state index >= 15 is 0 Å². The van der Waals surface area contributed by atoms with Crippen molar-refractivity contribution in [1.82, 2.24) is 5.32 Å². The summed E-state index contributed by atoms with van der Waals surface area (Å²) in [5.74, 6) is -0.870. The highest BCUT2D eigenvalue weighted by Gasteiger charge is 2.22. The summed E-state index contributed by atoms with van der Waals surface area (Å²) in [6.07, 6.45) is 2.64. The highest BCUT2D eigenvalue weighted by atomic mass is 19.1. The van der Waals surface area contributed by atoms with Crippen molar-refractivity contribution in [2.24, 2.45) is 0 Å². The molecule has 1 amide bonds. The molecule has 0 radical (unpaired) electrons. The lowest BCUT2D eigenvalue weighted by molar-refractivity contribution is 0.0864. The predicted octanol–water partition coefficient (Wildman–Crippen LogP) is 1.86.